The minimum absolute atomic E-state index is 0.0497. The number of para-hydroxylation sites is 1. The SMILES string of the molecule is Cc1cccc(NC(=O)Cn2c(=O)n(CC(=O)NC3CCCC3)c(=O)c3oc4ccccc4c32)c1C. The van der Waals surface area contributed by atoms with Crippen molar-refractivity contribution in [1.82, 2.24) is 14.5 Å². The average molecular weight is 489 g/mol. The summed E-state index contributed by atoms with van der Waals surface area (Å²) in [5, 5.41) is 6.31. The van der Waals surface area contributed by atoms with Crippen molar-refractivity contribution in [3.63, 3.8) is 0 Å². The Kier molecular flexibility index (Phi) is 6.22. The number of fused-ring (bicyclic) bond motifs is 3. The van der Waals surface area contributed by atoms with Crippen LogP contribution in [0.15, 0.2) is 56.5 Å². The lowest BCUT2D eigenvalue weighted by molar-refractivity contribution is -0.122. The second kappa shape index (κ2) is 9.49. The Balaban J connectivity index is 1.56. The van der Waals surface area contributed by atoms with Crippen LogP contribution < -0.4 is 21.9 Å². The van der Waals surface area contributed by atoms with Crippen molar-refractivity contribution in [3.05, 3.63) is 74.4 Å². The summed E-state index contributed by atoms with van der Waals surface area (Å²) in [4.78, 5) is 52.6. The van der Waals surface area contributed by atoms with Crippen molar-refractivity contribution in [2.24, 2.45) is 0 Å². The second-order valence-corrected chi connectivity index (χ2v) is 9.38. The molecule has 1 saturated carbocycles. The number of carbonyl (C=O) groups excluding carboxylic acids is 2. The van der Waals surface area contributed by atoms with E-state index >= 15 is 0 Å². The van der Waals surface area contributed by atoms with Crippen molar-refractivity contribution in [2.75, 3.05) is 5.32 Å². The zero-order valence-electron chi connectivity index (χ0n) is 20.3. The molecule has 5 rings (SSSR count). The Morgan fingerprint density at radius 3 is 2.44 bits per heavy atom. The number of nitrogens with zero attached hydrogens (tertiary/aromatic N) is 2. The first-order chi connectivity index (χ1) is 17.3. The van der Waals surface area contributed by atoms with Gasteiger partial charge in [-0.1, -0.05) is 37.1 Å². The molecule has 2 N–H and O–H groups in total. The van der Waals surface area contributed by atoms with Gasteiger partial charge in [0, 0.05) is 17.1 Å². The molecule has 0 bridgehead atoms. The van der Waals surface area contributed by atoms with Crippen LogP contribution in [0.4, 0.5) is 5.69 Å². The van der Waals surface area contributed by atoms with Crippen LogP contribution >= 0.6 is 0 Å². The van der Waals surface area contributed by atoms with Crippen LogP contribution in [0.25, 0.3) is 22.1 Å². The molecule has 0 saturated heterocycles. The average Bonchev–Trinajstić information content (AvgIpc) is 3.50. The highest BCUT2D eigenvalue weighted by Crippen LogP contribution is 2.26. The number of anilines is 1. The minimum atomic E-state index is -0.739. The Bertz CT molecular complexity index is 1600. The van der Waals surface area contributed by atoms with E-state index in [1.807, 2.05) is 26.0 Å². The molecule has 2 aromatic carbocycles. The van der Waals surface area contributed by atoms with Crippen molar-refractivity contribution in [1.29, 1.82) is 0 Å². The van der Waals surface area contributed by atoms with E-state index in [0.29, 0.717) is 16.7 Å². The molecule has 4 aromatic rings. The van der Waals surface area contributed by atoms with E-state index in [0.717, 1.165) is 41.4 Å². The Morgan fingerprint density at radius 2 is 1.67 bits per heavy atom. The van der Waals surface area contributed by atoms with Gasteiger partial charge in [0.2, 0.25) is 17.4 Å². The quantitative estimate of drug-likeness (QED) is 0.432. The number of aryl methyl sites for hydroxylation is 1. The molecule has 0 radical (unpaired) electrons. The highest BCUT2D eigenvalue weighted by Gasteiger charge is 2.24. The molecule has 9 heteroatoms. The fraction of sp³-hybridized carbons (Fsp3) is 0.333. The number of amides is 2. The topological polar surface area (TPSA) is 115 Å². The molecular weight excluding hydrogens is 460 g/mol. The van der Waals surface area contributed by atoms with E-state index in [1.165, 1.54) is 4.57 Å². The van der Waals surface area contributed by atoms with Gasteiger partial charge in [0.15, 0.2) is 0 Å². The molecule has 0 spiro atoms. The smallest absolute Gasteiger partial charge is 0.332 e. The summed E-state index contributed by atoms with van der Waals surface area (Å²) in [5.74, 6) is -0.846. The third-order valence-corrected chi connectivity index (χ3v) is 6.94. The predicted octanol–water partition coefficient (Wildman–Crippen LogP) is 3.22. The van der Waals surface area contributed by atoms with Crippen molar-refractivity contribution < 1.29 is 14.0 Å². The summed E-state index contributed by atoms with van der Waals surface area (Å²) in [7, 11) is 0. The fourth-order valence-corrected chi connectivity index (χ4v) is 4.89. The van der Waals surface area contributed by atoms with Gasteiger partial charge in [-0.2, -0.15) is 0 Å². The van der Waals surface area contributed by atoms with Gasteiger partial charge < -0.3 is 15.1 Å². The summed E-state index contributed by atoms with van der Waals surface area (Å²) >= 11 is 0. The number of hydrogen-bond acceptors (Lipinski definition) is 5. The Labute approximate surface area is 206 Å². The second-order valence-electron chi connectivity index (χ2n) is 9.38. The standard InChI is InChI=1S/C27H28N4O5/c1-16-8-7-12-20(17(16)2)29-23(33)14-30-24-19-11-5-6-13-21(19)36-25(24)26(34)31(27(30)35)15-22(32)28-18-9-3-4-10-18/h5-8,11-13,18H,3-4,9-10,14-15H2,1-2H3,(H,28,32)(H,29,33). The first-order valence-corrected chi connectivity index (χ1v) is 12.1. The molecule has 9 nitrogen and oxygen atoms in total. The van der Waals surface area contributed by atoms with Crippen LogP contribution in [-0.2, 0) is 22.7 Å². The van der Waals surface area contributed by atoms with E-state index in [4.69, 9.17) is 4.42 Å². The predicted molar refractivity (Wildman–Crippen MR) is 137 cm³/mol. The highest BCUT2D eigenvalue weighted by atomic mass is 16.3. The molecule has 1 aliphatic rings. The van der Waals surface area contributed by atoms with E-state index in [2.05, 4.69) is 10.6 Å². The van der Waals surface area contributed by atoms with E-state index in [9.17, 15) is 19.2 Å². The molecule has 0 unspecified atom stereocenters. The molecule has 36 heavy (non-hydrogen) atoms. The molecule has 2 aromatic heterocycles. The largest absolute Gasteiger partial charge is 0.449 e. The molecule has 186 valence electrons. The maximum absolute atomic E-state index is 13.6. The third-order valence-electron chi connectivity index (χ3n) is 6.94. The Hall–Kier alpha value is -4.14. The van der Waals surface area contributed by atoms with Crippen LogP contribution in [-0.4, -0.2) is 27.0 Å². The van der Waals surface area contributed by atoms with Crippen molar-refractivity contribution in [2.45, 2.75) is 58.7 Å². The number of hydrogen-bond donors (Lipinski definition) is 2. The van der Waals surface area contributed by atoms with Gasteiger partial charge in [-0.15, -0.1) is 0 Å². The van der Waals surface area contributed by atoms with E-state index in [-0.39, 0.29) is 23.7 Å². The minimum Gasteiger partial charge on any atom is -0.449 e. The maximum atomic E-state index is 13.6. The summed E-state index contributed by atoms with van der Waals surface area (Å²) < 4.78 is 7.87. The maximum Gasteiger partial charge on any atom is 0.332 e. The van der Waals surface area contributed by atoms with Gasteiger partial charge in [-0.3, -0.25) is 19.0 Å². The number of furan rings is 1. The van der Waals surface area contributed by atoms with Crippen molar-refractivity contribution >= 4 is 39.6 Å². The van der Waals surface area contributed by atoms with E-state index in [1.54, 1.807) is 30.3 Å². The molecule has 2 amide bonds. The number of aromatic nitrogens is 2. The number of rotatable bonds is 6. The molecule has 1 aliphatic carbocycles. The van der Waals surface area contributed by atoms with Crippen molar-refractivity contribution in [3.8, 4) is 0 Å². The first-order valence-electron chi connectivity index (χ1n) is 12.1. The van der Waals surface area contributed by atoms with Crippen LogP contribution in [0, 0.1) is 13.8 Å². The summed E-state index contributed by atoms with van der Waals surface area (Å²) in [6, 6.07) is 12.6. The van der Waals surface area contributed by atoms with Gasteiger partial charge in [0.05, 0.1) is 0 Å². The normalized spacial score (nSPS) is 13.9. The zero-order valence-corrected chi connectivity index (χ0v) is 20.3. The van der Waals surface area contributed by atoms with Crippen LogP contribution in [0.5, 0.6) is 0 Å². The lowest BCUT2D eigenvalue weighted by Crippen LogP contribution is -2.46. The lowest BCUT2D eigenvalue weighted by atomic mass is 10.1. The lowest BCUT2D eigenvalue weighted by Gasteiger charge is -2.15. The summed E-state index contributed by atoms with van der Waals surface area (Å²) in [5.41, 5.74) is 1.75. The number of carbonyl (C=O) groups is 2. The van der Waals surface area contributed by atoms with Gasteiger partial charge in [0.25, 0.3) is 5.56 Å². The fourth-order valence-electron chi connectivity index (χ4n) is 4.89. The molecule has 2 heterocycles. The molecule has 0 atom stereocenters. The van der Waals surface area contributed by atoms with Gasteiger partial charge >= 0.3 is 5.69 Å². The highest BCUT2D eigenvalue weighted by molar-refractivity contribution is 6.03. The van der Waals surface area contributed by atoms with E-state index < -0.39 is 29.6 Å². The first kappa shape index (κ1) is 23.6. The van der Waals surface area contributed by atoms with Gasteiger partial charge in [-0.25, -0.2) is 9.36 Å². The third kappa shape index (κ3) is 4.32. The summed E-state index contributed by atoms with van der Waals surface area (Å²) in [6.07, 6.45) is 3.84. The van der Waals surface area contributed by atoms with Gasteiger partial charge in [0.1, 0.15) is 24.2 Å². The Morgan fingerprint density at radius 1 is 0.944 bits per heavy atom. The van der Waals surface area contributed by atoms with Crippen LogP contribution in [0.2, 0.25) is 0 Å². The number of nitrogens with one attached hydrogen (secondary N) is 2. The summed E-state index contributed by atoms with van der Waals surface area (Å²) in [6.45, 7) is 3.06. The molecule has 0 aliphatic heterocycles. The molecular formula is C27H28N4O5. The number of benzene rings is 2. The van der Waals surface area contributed by atoms with Crippen LogP contribution in [0.3, 0.4) is 0 Å². The van der Waals surface area contributed by atoms with Crippen LogP contribution in [0.1, 0.15) is 36.8 Å². The monoisotopic (exact) mass is 488 g/mol. The molecule has 1 fully saturated rings. The zero-order chi connectivity index (χ0) is 25.4. The van der Waals surface area contributed by atoms with Gasteiger partial charge in [-0.05, 0) is 56.0 Å².